The maximum Gasteiger partial charge on any atom is 0.239 e. The van der Waals surface area contributed by atoms with E-state index in [0.29, 0.717) is 17.4 Å². The summed E-state index contributed by atoms with van der Waals surface area (Å²) in [7, 11) is 0. The van der Waals surface area contributed by atoms with Crippen LogP contribution < -0.4 is 16.6 Å². The fraction of sp³-hybridized carbons (Fsp3) is 0.556. The second-order valence-corrected chi connectivity index (χ2v) is 4.37. The molecule has 1 fully saturated rings. The first-order chi connectivity index (χ1) is 7.63. The average Bonchev–Trinajstić information content (AvgIpc) is 2.25. The van der Waals surface area contributed by atoms with E-state index in [1.807, 2.05) is 0 Å². The number of hydrazine groups is 1. The number of nitrogens with zero attached hydrogens (tertiary/aromatic N) is 2. The van der Waals surface area contributed by atoms with Crippen molar-refractivity contribution in [3.05, 3.63) is 11.2 Å². The Kier molecular flexibility index (Phi) is 3.13. The zero-order valence-electron chi connectivity index (χ0n) is 8.70. The van der Waals surface area contributed by atoms with Crippen LogP contribution >= 0.6 is 11.6 Å². The maximum atomic E-state index is 9.90. The Morgan fingerprint density at radius 3 is 2.88 bits per heavy atom. The molecule has 0 unspecified atom stereocenters. The molecule has 0 spiro atoms. The highest BCUT2D eigenvalue weighted by molar-refractivity contribution is 6.32. The van der Waals surface area contributed by atoms with E-state index in [0.717, 1.165) is 19.3 Å². The van der Waals surface area contributed by atoms with Crippen molar-refractivity contribution in [2.24, 2.45) is 5.84 Å². The minimum absolute atomic E-state index is 0.285. The van der Waals surface area contributed by atoms with E-state index >= 15 is 0 Å². The van der Waals surface area contributed by atoms with Gasteiger partial charge in [-0.25, -0.2) is 10.8 Å². The Labute approximate surface area is 98.2 Å². The van der Waals surface area contributed by atoms with Crippen molar-refractivity contribution in [2.45, 2.75) is 24.9 Å². The van der Waals surface area contributed by atoms with Crippen LogP contribution in [0.2, 0.25) is 5.02 Å². The zero-order valence-corrected chi connectivity index (χ0v) is 9.46. The van der Waals surface area contributed by atoms with Crippen molar-refractivity contribution in [3.8, 4) is 0 Å². The molecule has 0 atom stereocenters. The van der Waals surface area contributed by atoms with E-state index in [4.69, 9.17) is 17.4 Å². The summed E-state index contributed by atoms with van der Waals surface area (Å²) in [6, 6.07) is 0. The van der Waals surface area contributed by atoms with Crippen LogP contribution in [0, 0.1) is 0 Å². The Hall–Kier alpha value is -1.11. The first-order valence-corrected chi connectivity index (χ1v) is 5.46. The third-order valence-electron chi connectivity index (χ3n) is 2.74. The van der Waals surface area contributed by atoms with Gasteiger partial charge in [0.05, 0.1) is 11.8 Å². The molecule has 2 rings (SSSR count). The molecule has 0 amide bonds. The minimum atomic E-state index is -0.620. The predicted octanol–water partition coefficient (Wildman–Crippen LogP) is 0.742. The van der Waals surface area contributed by atoms with E-state index in [1.54, 1.807) is 0 Å². The molecule has 0 aliphatic heterocycles. The number of halogens is 1. The second kappa shape index (κ2) is 4.40. The van der Waals surface area contributed by atoms with Crippen LogP contribution in [0.1, 0.15) is 19.3 Å². The molecule has 1 aromatic rings. The lowest BCUT2D eigenvalue weighted by atomic mass is 9.80. The first kappa shape index (κ1) is 11.4. The van der Waals surface area contributed by atoms with E-state index in [1.165, 1.54) is 6.20 Å². The predicted molar refractivity (Wildman–Crippen MR) is 62.1 cm³/mol. The van der Waals surface area contributed by atoms with Crippen LogP contribution in [-0.4, -0.2) is 27.2 Å². The number of rotatable bonds is 4. The summed E-state index contributed by atoms with van der Waals surface area (Å²) in [6.07, 6.45) is 4.14. The summed E-state index contributed by atoms with van der Waals surface area (Å²) < 4.78 is 0. The number of aliphatic hydroxyl groups is 1. The third kappa shape index (κ3) is 2.34. The number of nitrogen functional groups attached to an aromatic ring is 1. The molecular weight excluding hydrogens is 230 g/mol. The number of aromatic nitrogens is 2. The van der Waals surface area contributed by atoms with Crippen LogP contribution in [0.3, 0.4) is 0 Å². The summed E-state index contributed by atoms with van der Waals surface area (Å²) in [6.45, 7) is 0.438. The fourth-order valence-corrected chi connectivity index (χ4v) is 1.73. The lowest BCUT2D eigenvalue weighted by Gasteiger charge is -2.36. The van der Waals surface area contributed by atoms with E-state index in [-0.39, 0.29) is 5.95 Å². The zero-order chi connectivity index (χ0) is 11.6. The highest BCUT2D eigenvalue weighted by Gasteiger charge is 2.34. The van der Waals surface area contributed by atoms with Gasteiger partial charge in [-0.3, -0.25) is 5.43 Å². The number of hydrogen-bond acceptors (Lipinski definition) is 6. The standard InChI is InChI=1S/C9H14ClN5O/c10-6-4-12-8(15-11)14-7(6)13-5-9(16)2-1-3-9/h4,16H,1-3,5,11H2,(H2,12,13,14,15). The minimum Gasteiger partial charge on any atom is -0.388 e. The molecule has 1 heterocycles. The normalized spacial score (nSPS) is 17.7. The van der Waals surface area contributed by atoms with Crippen LogP contribution in [0.25, 0.3) is 0 Å². The van der Waals surface area contributed by atoms with Crippen molar-refractivity contribution >= 4 is 23.4 Å². The number of anilines is 2. The highest BCUT2D eigenvalue weighted by Crippen LogP contribution is 2.32. The molecule has 1 aliphatic rings. The molecule has 7 heteroatoms. The van der Waals surface area contributed by atoms with Gasteiger partial charge in [0.25, 0.3) is 0 Å². The molecule has 88 valence electrons. The van der Waals surface area contributed by atoms with Gasteiger partial charge >= 0.3 is 0 Å². The van der Waals surface area contributed by atoms with Gasteiger partial charge in [0.15, 0.2) is 5.82 Å². The van der Waals surface area contributed by atoms with Gasteiger partial charge in [-0.15, -0.1) is 0 Å². The lowest BCUT2D eigenvalue weighted by molar-refractivity contribution is -0.0202. The fourth-order valence-electron chi connectivity index (χ4n) is 1.57. The summed E-state index contributed by atoms with van der Waals surface area (Å²) >= 11 is 5.91. The van der Waals surface area contributed by atoms with E-state index in [9.17, 15) is 5.11 Å². The van der Waals surface area contributed by atoms with Gasteiger partial charge in [0.2, 0.25) is 5.95 Å². The number of nitrogens with two attached hydrogens (primary N) is 1. The lowest BCUT2D eigenvalue weighted by Crippen LogP contribution is -2.43. The van der Waals surface area contributed by atoms with Crippen LogP contribution in [0.15, 0.2) is 6.20 Å². The average molecular weight is 244 g/mol. The summed E-state index contributed by atoms with van der Waals surface area (Å²) in [5.41, 5.74) is 1.72. The highest BCUT2D eigenvalue weighted by atomic mass is 35.5. The van der Waals surface area contributed by atoms with Crippen molar-refractivity contribution in [1.82, 2.24) is 9.97 Å². The number of nitrogens with one attached hydrogen (secondary N) is 2. The Morgan fingerprint density at radius 2 is 2.31 bits per heavy atom. The largest absolute Gasteiger partial charge is 0.388 e. The van der Waals surface area contributed by atoms with Crippen molar-refractivity contribution < 1.29 is 5.11 Å². The Bertz CT molecular complexity index is 382. The molecule has 1 aliphatic carbocycles. The molecule has 0 aromatic carbocycles. The van der Waals surface area contributed by atoms with E-state index in [2.05, 4.69) is 20.7 Å². The van der Waals surface area contributed by atoms with Crippen molar-refractivity contribution in [1.29, 1.82) is 0 Å². The molecule has 5 N–H and O–H groups in total. The molecule has 0 saturated heterocycles. The summed E-state index contributed by atoms with van der Waals surface area (Å²) in [4.78, 5) is 7.91. The Morgan fingerprint density at radius 1 is 1.56 bits per heavy atom. The van der Waals surface area contributed by atoms with Gasteiger partial charge in [0, 0.05) is 6.54 Å². The topological polar surface area (TPSA) is 96.1 Å². The second-order valence-electron chi connectivity index (χ2n) is 3.97. The van der Waals surface area contributed by atoms with Crippen LogP contribution in [0.4, 0.5) is 11.8 Å². The maximum absolute atomic E-state index is 9.90. The summed E-state index contributed by atoms with van der Waals surface area (Å²) in [5, 5.41) is 13.3. The molecule has 1 aromatic heterocycles. The quantitative estimate of drug-likeness (QED) is 0.460. The van der Waals surface area contributed by atoms with Crippen LogP contribution in [-0.2, 0) is 0 Å². The molecule has 6 nitrogen and oxygen atoms in total. The van der Waals surface area contributed by atoms with Gasteiger partial charge in [-0.2, -0.15) is 4.98 Å². The monoisotopic (exact) mass is 243 g/mol. The molecule has 0 radical (unpaired) electrons. The SMILES string of the molecule is NNc1ncc(Cl)c(NCC2(O)CCC2)n1. The van der Waals surface area contributed by atoms with Gasteiger partial charge in [-0.1, -0.05) is 11.6 Å². The third-order valence-corrected chi connectivity index (χ3v) is 3.02. The first-order valence-electron chi connectivity index (χ1n) is 5.08. The van der Waals surface area contributed by atoms with Crippen LogP contribution in [0.5, 0.6) is 0 Å². The van der Waals surface area contributed by atoms with E-state index < -0.39 is 5.60 Å². The van der Waals surface area contributed by atoms with Gasteiger partial charge in [-0.05, 0) is 19.3 Å². The number of hydrogen-bond donors (Lipinski definition) is 4. The van der Waals surface area contributed by atoms with Crippen molar-refractivity contribution in [2.75, 3.05) is 17.3 Å². The summed E-state index contributed by atoms with van der Waals surface area (Å²) in [5.74, 6) is 5.95. The van der Waals surface area contributed by atoms with Gasteiger partial charge < -0.3 is 10.4 Å². The Balaban J connectivity index is 2.02. The molecule has 16 heavy (non-hydrogen) atoms. The molecular formula is C9H14ClN5O. The van der Waals surface area contributed by atoms with Crippen molar-refractivity contribution in [3.63, 3.8) is 0 Å². The van der Waals surface area contributed by atoms with Gasteiger partial charge in [0.1, 0.15) is 5.02 Å². The molecule has 0 bridgehead atoms. The molecule has 1 saturated carbocycles. The smallest absolute Gasteiger partial charge is 0.239 e.